The van der Waals surface area contributed by atoms with Gasteiger partial charge in [-0.1, -0.05) is 18.2 Å². The predicted octanol–water partition coefficient (Wildman–Crippen LogP) is 2.87. The fraction of sp³-hybridized carbons (Fsp3) is 0. The zero-order chi connectivity index (χ0) is 10.2. The highest BCUT2D eigenvalue weighted by molar-refractivity contribution is 5.27. The summed E-state index contributed by atoms with van der Waals surface area (Å²) in [4.78, 5) is 9.59. The van der Waals surface area contributed by atoms with E-state index in [1.165, 1.54) is 12.1 Å². The Morgan fingerprint density at radius 1 is 1.00 bits per heavy atom. The molecule has 1 heterocycles. The van der Waals surface area contributed by atoms with Crippen molar-refractivity contribution in [1.29, 1.82) is 0 Å². The van der Waals surface area contributed by atoms with Gasteiger partial charge in [0, 0.05) is 12.1 Å². The van der Waals surface area contributed by atoms with Crippen molar-refractivity contribution in [3.05, 3.63) is 65.1 Å². The van der Waals surface area contributed by atoms with E-state index in [0.717, 1.165) is 0 Å². The van der Waals surface area contributed by atoms with Gasteiger partial charge in [-0.05, 0) is 12.1 Å². The number of nitrogens with zero attached hydrogens (tertiary/aromatic N) is 1. The first-order valence-electron chi connectivity index (χ1n) is 3.97. The van der Waals surface area contributed by atoms with Crippen molar-refractivity contribution in [2.45, 2.75) is 0 Å². The van der Waals surface area contributed by atoms with Gasteiger partial charge in [-0.15, -0.1) is 0 Å². The van der Waals surface area contributed by atoms with Gasteiger partial charge in [0.05, 0.1) is 17.4 Å². The highest BCUT2D eigenvalue weighted by Crippen LogP contribution is 2.06. The van der Waals surface area contributed by atoms with Gasteiger partial charge in [0.15, 0.2) is 0 Å². The van der Waals surface area contributed by atoms with E-state index < -0.39 is 4.92 Å². The van der Waals surface area contributed by atoms with E-state index in [9.17, 15) is 10.1 Å². The maximum atomic E-state index is 10.0. The molecule has 0 spiro atoms. The van der Waals surface area contributed by atoms with Crippen molar-refractivity contribution in [1.82, 2.24) is 0 Å². The monoisotopic (exact) mass is 191 g/mol. The third kappa shape index (κ3) is 3.53. The van der Waals surface area contributed by atoms with Crippen LogP contribution in [0.2, 0.25) is 0 Å². The maximum absolute atomic E-state index is 10.0. The third-order valence-corrected chi connectivity index (χ3v) is 1.39. The summed E-state index contributed by atoms with van der Waals surface area (Å²) in [6, 6.07) is 11.6. The van der Waals surface area contributed by atoms with E-state index in [4.69, 9.17) is 0 Å². The van der Waals surface area contributed by atoms with E-state index >= 15 is 0 Å². The smallest absolute Gasteiger partial charge is 0.269 e. The Hall–Kier alpha value is -2.10. The molecule has 0 unspecified atom stereocenters. The van der Waals surface area contributed by atoms with E-state index in [-0.39, 0.29) is 5.69 Å². The van der Waals surface area contributed by atoms with Crippen molar-refractivity contribution < 1.29 is 9.34 Å². The fourth-order valence-electron chi connectivity index (χ4n) is 0.777. The van der Waals surface area contributed by atoms with Crippen molar-refractivity contribution in [3.63, 3.8) is 0 Å². The topological polar surface area (TPSA) is 56.3 Å². The van der Waals surface area contributed by atoms with Crippen LogP contribution in [0.15, 0.2) is 59.4 Å². The summed E-state index contributed by atoms with van der Waals surface area (Å²) in [6.07, 6.45) is 3.25. The SMILES string of the molecule is O=[N+]([O-])c1ccccc1.c1ccoc1. The van der Waals surface area contributed by atoms with Crippen LogP contribution in [0.4, 0.5) is 5.69 Å². The van der Waals surface area contributed by atoms with Gasteiger partial charge in [0.2, 0.25) is 0 Å². The van der Waals surface area contributed by atoms with Crippen LogP contribution in [-0.4, -0.2) is 4.92 Å². The van der Waals surface area contributed by atoms with Crippen molar-refractivity contribution in [3.8, 4) is 0 Å². The lowest BCUT2D eigenvalue weighted by atomic mass is 10.3. The summed E-state index contributed by atoms with van der Waals surface area (Å²) < 4.78 is 4.58. The Labute approximate surface area is 80.9 Å². The van der Waals surface area contributed by atoms with Crippen LogP contribution in [0.3, 0.4) is 0 Å². The van der Waals surface area contributed by atoms with Gasteiger partial charge in [0.25, 0.3) is 5.69 Å². The Morgan fingerprint density at radius 3 is 1.86 bits per heavy atom. The molecule has 72 valence electrons. The zero-order valence-corrected chi connectivity index (χ0v) is 7.37. The number of benzene rings is 1. The summed E-state index contributed by atoms with van der Waals surface area (Å²) in [7, 11) is 0. The number of non-ortho nitro benzene ring substituents is 1. The molecule has 0 radical (unpaired) electrons. The first kappa shape index (κ1) is 9.98. The van der Waals surface area contributed by atoms with Crippen LogP contribution >= 0.6 is 0 Å². The maximum Gasteiger partial charge on any atom is 0.269 e. The molecule has 0 fully saturated rings. The highest BCUT2D eigenvalue weighted by Gasteiger charge is 1.98. The standard InChI is InChI=1S/C6H5NO2.C4H4O/c8-7(9)6-4-2-1-3-5-6;1-2-4-5-3-1/h1-5H;1-4H. The number of hydrogen-bond acceptors (Lipinski definition) is 3. The molecule has 0 N–H and O–H groups in total. The molecule has 0 saturated heterocycles. The van der Waals surface area contributed by atoms with Gasteiger partial charge in [-0.25, -0.2) is 0 Å². The molecule has 2 aromatic rings. The van der Waals surface area contributed by atoms with Gasteiger partial charge in [-0.3, -0.25) is 10.1 Å². The molecule has 0 bridgehead atoms. The number of nitro groups is 1. The summed E-state index contributed by atoms with van der Waals surface area (Å²) >= 11 is 0. The zero-order valence-electron chi connectivity index (χ0n) is 7.37. The Bertz CT molecular complexity index is 339. The second-order valence-electron chi connectivity index (χ2n) is 2.39. The first-order chi connectivity index (χ1) is 6.80. The molecule has 2 rings (SSSR count). The molecular formula is C10H9NO3. The predicted molar refractivity (Wildman–Crippen MR) is 51.8 cm³/mol. The number of furan rings is 1. The van der Waals surface area contributed by atoms with Crippen molar-refractivity contribution >= 4 is 5.69 Å². The fourth-order valence-corrected chi connectivity index (χ4v) is 0.777. The van der Waals surface area contributed by atoms with Crippen molar-refractivity contribution in [2.75, 3.05) is 0 Å². The first-order valence-corrected chi connectivity index (χ1v) is 3.97. The van der Waals surface area contributed by atoms with Crippen LogP contribution in [0, 0.1) is 10.1 Å². The highest BCUT2D eigenvalue weighted by atomic mass is 16.6. The minimum absolute atomic E-state index is 0.137. The van der Waals surface area contributed by atoms with Crippen molar-refractivity contribution in [2.24, 2.45) is 0 Å². The molecule has 0 aliphatic carbocycles. The van der Waals surface area contributed by atoms with Crippen LogP contribution in [0.25, 0.3) is 0 Å². The quantitative estimate of drug-likeness (QED) is 0.514. The summed E-state index contributed by atoms with van der Waals surface area (Å²) in [5, 5.41) is 10.0. The largest absolute Gasteiger partial charge is 0.473 e. The lowest BCUT2D eigenvalue weighted by molar-refractivity contribution is -0.384. The average Bonchev–Trinajstić information content (AvgIpc) is 2.77. The van der Waals surface area contributed by atoms with Gasteiger partial charge in [0.1, 0.15) is 0 Å². The normalized spacial score (nSPS) is 8.57. The van der Waals surface area contributed by atoms with Crippen LogP contribution in [0.1, 0.15) is 0 Å². The molecule has 0 aliphatic heterocycles. The van der Waals surface area contributed by atoms with Crippen LogP contribution in [0.5, 0.6) is 0 Å². The molecule has 4 heteroatoms. The van der Waals surface area contributed by atoms with Crippen LogP contribution < -0.4 is 0 Å². The number of hydrogen-bond donors (Lipinski definition) is 0. The number of para-hydroxylation sites is 1. The van der Waals surface area contributed by atoms with Gasteiger partial charge < -0.3 is 4.42 Å². The minimum atomic E-state index is -0.417. The second-order valence-corrected chi connectivity index (χ2v) is 2.39. The summed E-state index contributed by atoms with van der Waals surface area (Å²) in [5.74, 6) is 0. The number of nitro benzene ring substituents is 1. The minimum Gasteiger partial charge on any atom is -0.473 e. The lowest BCUT2D eigenvalue weighted by Gasteiger charge is -1.85. The molecular weight excluding hydrogens is 182 g/mol. The molecule has 1 aromatic carbocycles. The number of rotatable bonds is 1. The van der Waals surface area contributed by atoms with E-state index in [1.807, 2.05) is 12.1 Å². The molecule has 0 amide bonds. The van der Waals surface area contributed by atoms with Crippen LogP contribution in [-0.2, 0) is 0 Å². The Morgan fingerprint density at radius 2 is 1.57 bits per heavy atom. The molecule has 4 nitrogen and oxygen atoms in total. The van der Waals surface area contributed by atoms with Gasteiger partial charge >= 0.3 is 0 Å². The Kier molecular flexibility index (Phi) is 3.94. The molecule has 0 atom stereocenters. The van der Waals surface area contributed by atoms with E-state index in [1.54, 1.807) is 30.7 Å². The summed E-state index contributed by atoms with van der Waals surface area (Å²) in [5.41, 5.74) is 0.137. The molecule has 14 heavy (non-hydrogen) atoms. The Balaban J connectivity index is 0.000000165. The third-order valence-electron chi connectivity index (χ3n) is 1.39. The summed E-state index contributed by atoms with van der Waals surface area (Å²) in [6.45, 7) is 0. The molecule has 1 aromatic heterocycles. The second kappa shape index (κ2) is 5.53. The van der Waals surface area contributed by atoms with E-state index in [0.29, 0.717) is 0 Å². The van der Waals surface area contributed by atoms with E-state index in [2.05, 4.69) is 4.42 Å². The van der Waals surface area contributed by atoms with Gasteiger partial charge in [-0.2, -0.15) is 0 Å². The molecule has 0 aliphatic rings. The molecule has 0 saturated carbocycles. The average molecular weight is 191 g/mol. The lowest BCUT2D eigenvalue weighted by Crippen LogP contribution is -1.84.